The van der Waals surface area contributed by atoms with Gasteiger partial charge in [-0.3, -0.25) is 9.78 Å². The highest BCUT2D eigenvalue weighted by Crippen LogP contribution is 2.22. The van der Waals surface area contributed by atoms with Gasteiger partial charge in [0.1, 0.15) is 17.1 Å². The number of pyridine rings is 1. The Morgan fingerprint density at radius 2 is 2.04 bits per heavy atom. The lowest BCUT2D eigenvalue weighted by molar-refractivity contribution is 0.0947. The molecule has 2 aromatic carbocycles. The van der Waals surface area contributed by atoms with Gasteiger partial charge in [0.05, 0.1) is 12.2 Å². The number of hydrogen-bond donors (Lipinski definition) is 1. The summed E-state index contributed by atoms with van der Waals surface area (Å²) in [5, 5.41) is 3.98. The molecule has 0 saturated heterocycles. The van der Waals surface area contributed by atoms with Crippen LogP contribution in [0.25, 0.3) is 10.9 Å². The first kappa shape index (κ1) is 17.2. The summed E-state index contributed by atoms with van der Waals surface area (Å²) in [6.07, 6.45) is 2.30. The van der Waals surface area contributed by atoms with Crippen LogP contribution in [0.5, 0.6) is 5.75 Å². The summed E-state index contributed by atoms with van der Waals surface area (Å²) < 4.78 is 19.4. The summed E-state index contributed by atoms with van der Waals surface area (Å²) in [5.41, 5.74) is 0.738. The quantitative estimate of drug-likeness (QED) is 0.671. The molecule has 1 aromatic heterocycles. The van der Waals surface area contributed by atoms with Gasteiger partial charge in [-0.05, 0) is 36.8 Å². The fraction of sp³-hybridized carbons (Fsp3) is 0.158. The molecular weight excluding hydrogens is 343 g/mol. The number of amides is 1. The maximum Gasteiger partial charge on any atom is 0.254 e. The summed E-state index contributed by atoms with van der Waals surface area (Å²) in [7, 11) is 0. The Labute approximate surface area is 149 Å². The van der Waals surface area contributed by atoms with Crippen LogP contribution < -0.4 is 10.1 Å². The summed E-state index contributed by atoms with van der Waals surface area (Å²) in [6.45, 7) is 0.775. The lowest BCUT2D eigenvalue weighted by atomic mass is 10.2. The van der Waals surface area contributed by atoms with Crippen molar-refractivity contribution in [3.8, 4) is 5.75 Å². The van der Waals surface area contributed by atoms with E-state index in [-0.39, 0.29) is 5.56 Å². The molecule has 0 radical (unpaired) electrons. The summed E-state index contributed by atoms with van der Waals surface area (Å²) in [6, 6.07) is 13.5. The number of carbonyl (C=O) groups is 1. The largest absolute Gasteiger partial charge is 0.491 e. The minimum Gasteiger partial charge on any atom is -0.491 e. The van der Waals surface area contributed by atoms with E-state index in [2.05, 4.69) is 10.3 Å². The minimum atomic E-state index is -0.597. The predicted molar refractivity (Wildman–Crippen MR) is 95.6 cm³/mol. The van der Waals surface area contributed by atoms with Crippen molar-refractivity contribution in [1.82, 2.24) is 10.3 Å². The molecule has 4 nitrogen and oxygen atoms in total. The van der Waals surface area contributed by atoms with Gasteiger partial charge < -0.3 is 10.1 Å². The van der Waals surface area contributed by atoms with Crippen molar-refractivity contribution in [3.63, 3.8) is 0 Å². The van der Waals surface area contributed by atoms with E-state index >= 15 is 0 Å². The molecule has 0 aliphatic rings. The molecule has 0 spiro atoms. The Balaban J connectivity index is 1.50. The zero-order chi connectivity index (χ0) is 17.6. The maximum atomic E-state index is 13.6. The van der Waals surface area contributed by atoms with Gasteiger partial charge in [0.15, 0.2) is 0 Å². The number of fused-ring (bicyclic) bond motifs is 1. The molecule has 0 saturated carbocycles. The molecule has 3 rings (SSSR count). The topological polar surface area (TPSA) is 51.2 Å². The predicted octanol–water partition coefficient (Wildman–Crippen LogP) is 4.23. The van der Waals surface area contributed by atoms with Crippen LogP contribution in [0.15, 0.2) is 54.7 Å². The monoisotopic (exact) mass is 358 g/mol. The first-order valence-electron chi connectivity index (χ1n) is 7.85. The highest BCUT2D eigenvalue weighted by atomic mass is 35.5. The van der Waals surface area contributed by atoms with Crippen molar-refractivity contribution >= 4 is 28.4 Å². The fourth-order valence-corrected chi connectivity index (χ4v) is 2.59. The number of rotatable bonds is 6. The zero-order valence-corrected chi connectivity index (χ0v) is 14.1. The standard InChI is InChI=1S/C19H16ClFN2O2/c20-14-7-8-16(21)15(12-14)19(24)23-10-3-11-25-17-6-1-4-13-5-2-9-22-18(13)17/h1-2,4-9,12H,3,10-11H2,(H,23,24). The van der Waals surface area contributed by atoms with Gasteiger partial charge in [-0.25, -0.2) is 4.39 Å². The van der Waals surface area contributed by atoms with Gasteiger partial charge in [-0.1, -0.05) is 29.8 Å². The lowest BCUT2D eigenvalue weighted by Gasteiger charge is -2.09. The zero-order valence-electron chi connectivity index (χ0n) is 13.3. The van der Waals surface area contributed by atoms with E-state index in [0.29, 0.717) is 30.3 Å². The normalized spacial score (nSPS) is 10.6. The van der Waals surface area contributed by atoms with E-state index in [4.69, 9.17) is 16.3 Å². The second-order valence-corrected chi connectivity index (χ2v) is 5.85. The van der Waals surface area contributed by atoms with Gasteiger partial charge in [0, 0.05) is 23.2 Å². The number of hydrogen-bond acceptors (Lipinski definition) is 3. The molecule has 128 valence electrons. The van der Waals surface area contributed by atoms with Gasteiger partial charge in [-0.2, -0.15) is 0 Å². The van der Waals surface area contributed by atoms with Gasteiger partial charge in [-0.15, -0.1) is 0 Å². The van der Waals surface area contributed by atoms with E-state index in [0.717, 1.165) is 10.9 Å². The average Bonchev–Trinajstić information content (AvgIpc) is 2.63. The number of para-hydroxylation sites is 1. The molecule has 0 aliphatic heterocycles. The number of benzene rings is 2. The number of nitrogens with zero attached hydrogens (tertiary/aromatic N) is 1. The Kier molecular flexibility index (Phi) is 5.46. The van der Waals surface area contributed by atoms with Crippen LogP contribution in [0.2, 0.25) is 5.02 Å². The molecule has 0 fully saturated rings. The summed E-state index contributed by atoms with van der Waals surface area (Å²) in [5.74, 6) is -0.392. The van der Waals surface area contributed by atoms with E-state index < -0.39 is 11.7 Å². The molecule has 1 N–H and O–H groups in total. The van der Waals surface area contributed by atoms with Crippen molar-refractivity contribution in [2.75, 3.05) is 13.2 Å². The Hall–Kier alpha value is -2.66. The van der Waals surface area contributed by atoms with Crippen LogP contribution in [0.4, 0.5) is 4.39 Å². The molecule has 1 amide bonds. The average molecular weight is 359 g/mol. The van der Waals surface area contributed by atoms with Crippen LogP contribution >= 0.6 is 11.6 Å². The molecule has 25 heavy (non-hydrogen) atoms. The van der Waals surface area contributed by atoms with Crippen molar-refractivity contribution in [2.24, 2.45) is 0 Å². The Morgan fingerprint density at radius 1 is 1.20 bits per heavy atom. The first-order valence-corrected chi connectivity index (χ1v) is 8.23. The summed E-state index contributed by atoms with van der Waals surface area (Å²) >= 11 is 5.79. The molecular formula is C19H16ClFN2O2. The van der Waals surface area contributed by atoms with Crippen LogP contribution in [0.1, 0.15) is 16.8 Å². The Morgan fingerprint density at radius 3 is 2.92 bits per heavy atom. The molecule has 6 heteroatoms. The van der Waals surface area contributed by atoms with Crippen LogP contribution in [0, 0.1) is 5.82 Å². The van der Waals surface area contributed by atoms with Crippen molar-refractivity contribution in [1.29, 1.82) is 0 Å². The maximum absolute atomic E-state index is 13.6. The van der Waals surface area contributed by atoms with E-state index in [1.165, 1.54) is 18.2 Å². The molecule has 3 aromatic rings. The molecule has 0 atom stereocenters. The Bertz CT molecular complexity index is 896. The third-order valence-electron chi connectivity index (χ3n) is 3.63. The van der Waals surface area contributed by atoms with E-state index in [9.17, 15) is 9.18 Å². The first-order chi connectivity index (χ1) is 12.1. The second-order valence-electron chi connectivity index (χ2n) is 5.41. The van der Waals surface area contributed by atoms with Crippen molar-refractivity contribution in [3.05, 3.63) is 71.1 Å². The highest BCUT2D eigenvalue weighted by Gasteiger charge is 2.11. The summed E-state index contributed by atoms with van der Waals surface area (Å²) in [4.78, 5) is 16.3. The SMILES string of the molecule is O=C(NCCCOc1cccc2cccnc12)c1cc(Cl)ccc1F. The van der Waals surface area contributed by atoms with Gasteiger partial charge >= 0.3 is 0 Å². The van der Waals surface area contributed by atoms with E-state index in [1.807, 2.05) is 30.3 Å². The van der Waals surface area contributed by atoms with Crippen LogP contribution in [0.3, 0.4) is 0 Å². The van der Waals surface area contributed by atoms with Crippen molar-refractivity contribution < 1.29 is 13.9 Å². The molecule has 0 aliphatic carbocycles. The van der Waals surface area contributed by atoms with Crippen LogP contribution in [-0.4, -0.2) is 24.0 Å². The number of carbonyl (C=O) groups excluding carboxylic acids is 1. The van der Waals surface area contributed by atoms with Gasteiger partial charge in [0.25, 0.3) is 5.91 Å². The van der Waals surface area contributed by atoms with Crippen LogP contribution in [-0.2, 0) is 0 Å². The highest BCUT2D eigenvalue weighted by molar-refractivity contribution is 6.31. The lowest BCUT2D eigenvalue weighted by Crippen LogP contribution is -2.26. The smallest absolute Gasteiger partial charge is 0.254 e. The molecule has 0 bridgehead atoms. The van der Waals surface area contributed by atoms with E-state index in [1.54, 1.807) is 6.20 Å². The number of aromatic nitrogens is 1. The molecule has 1 heterocycles. The second kappa shape index (κ2) is 7.94. The third kappa shape index (κ3) is 4.25. The fourth-order valence-electron chi connectivity index (χ4n) is 2.42. The third-order valence-corrected chi connectivity index (χ3v) is 3.87. The minimum absolute atomic E-state index is 0.0633. The number of nitrogens with one attached hydrogen (secondary N) is 1. The number of halogens is 2. The number of ether oxygens (including phenoxy) is 1. The molecule has 0 unspecified atom stereocenters. The van der Waals surface area contributed by atoms with Crippen molar-refractivity contribution in [2.45, 2.75) is 6.42 Å². The van der Waals surface area contributed by atoms with Gasteiger partial charge in [0.2, 0.25) is 0 Å².